The number of likely N-dealkylation sites (N-methyl/N-ethyl adjacent to an activating group) is 1. The monoisotopic (exact) mass is 368 g/mol. The standard InChI is InChI=1S/C19H36N4O3/c1-23(2)18(24)15-22-19(21-14-17-10-7-12-25-17)20-11-13-26-16-8-5-3-4-6-9-16/h16-17H,3-15H2,1-2H3,(H2,20,21,22). The Bertz CT molecular complexity index is 429. The maximum Gasteiger partial charge on any atom is 0.243 e. The van der Waals surface area contributed by atoms with E-state index in [2.05, 4.69) is 15.6 Å². The van der Waals surface area contributed by atoms with Gasteiger partial charge in [-0.25, -0.2) is 4.99 Å². The molecule has 1 saturated heterocycles. The van der Waals surface area contributed by atoms with E-state index >= 15 is 0 Å². The summed E-state index contributed by atoms with van der Waals surface area (Å²) < 4.78 is 11.6. The number of rotatable bonds is 8. The van der Waals surface area contributed by atoms with Crippen LogP contribution < -0.4 is 10.6 Å². The van der Waals surface area contributed by atoms with Gasteiger partial charge in [0, 0.05) is 33.8 Å². The van der Waals surface area contributed by atoms with Gasteiger partial charge in [0.25, 0.3) is 0 Å². The van der Waals surface area contributed by atoms with Crippen molar-refractivity contribution in [2.75, 3.05) is 46.9 Å². The third-order valence-corrected chi connectivity index (χ3v) is 4.94. The highest BCUT2D eigenvalue weighted by Crippen LogP contribution is 2.19. The van der Waals surface area contributed by atoms with Crippen molar-refractivity contribution in [3.63, 3.8) is 0 Å². The predicted octanol–water partition coefficient (Wildman–Crippen LogP) is 1.53. The van der Waals surface area contributed by atoms with Gasteiger partial charge < -0.3 is 25.0 Å². The van der Waals surface area contributed by atoms with Crippen molar-refractivity contribution in [1.29, 1.82) is 0 Å². The van der Waals surface area contributed by atoms with E-state index in [-0.39, 0.29) is 18.6 Å². The van der Waals surface area contributed by atoms with Crippen LogP contribution in [0.1, 0.15) is 51.4 Å². The Labute approximate surface area is 157 Å². The van der Waals surface area contributed by atoms with E-state index in [0.29, 0.717) is 31.8 Å². The summed E-state index contributed by atoms with van der Waals surface area (Å²) in [5.41, 5.74) is 0. The number of guanidine groups is 1. The van der Waals surface area contributed by atoms with E-state index in [0.717, 1.165) is 19.4 Å². The Hall–Kier alpha value is -1.34. The van der Waals surface area contributed by atoms with Crippen molar-refractivity contribution in [2.24, 2.45) is 4.99 Å². The number of hydrogen-bond donors (Lipinski definition) is 2. The molecule has 0 aromatic rings. The molecule has 26 heavy (non-hydrogen) atoms. The molecule has 1 atom stereocenters. The zero-order valence-corrected chi connectivity index (χ0v) is 16.5. The topological polar surface area (TPSA) is 75.2 Å². The quantitative estimate of drug-likeness (QED) is 0.294. The average Bonchev–Trinajstić information content (AvgIpc) is 3.02. The molecule has 0 aromatic heterocycles. The normalized spacial score (nSPS) is 22.1. The second kappa shape index (κ2) is 12.1. The van der Waals surface area contributed by atoms with Gasteiger partial charge in [0.1, 0.15) is 6.54 Å². The molecule has 0 bridgehead atoms. The first-order valence-electron chi connectivity index (χ1n) is 10.1. The van der Waals surface area contributed by atoms with Crippen molar-refractivity contribution >= 4 is 11.9 Å². The molecule has 7 nitrogen and oxygen atoms in total. The Morgan fingerprint density at radius 2 is 1.88 bits per heavy atom. The SMILES string of the molecule is CN(C)C(=O)CN=C(NCCOC1CCCCCC1)NCC1CCCO1. The summed E-state index contributed by atoms with van der Waals surface area (Å²) in [6, 6.07) is 0. The lowest BCUT2D eigenvalue weighted by Gasteiger charge is -2.18. The third-order valence-electron chi connectivity index (χ3n) is 4.94. The van der Waals surface area contributed by atoms with Crippen LogP contribution in [-0.4, -0.2) is 75.9 Å². The number of hydrogen-bond acceptors (Lipinski definition) is 4. The minimum atomic E-state index is -0.0158. The first-order valence-corrected chi connectivity index (χ1v) is 10.1. The molecule has 1 saturated carbocycles. The first kappa shape index (κ1) is 21.0. The summed E-state index contributed by atoms with van der Waals surface area (Å²) in [5, 5.41) is 6.57. The molecule has 1 aliphatic carbocycles. The third kappa shape index (κ3) is 8.36. The largest absolute Gasteiger partial charge is 0.376 e. The van der Waals surface area contributed by atoms with Gasteiger partial charge in [-0.05, 0) is 25.7 Å². The van der Waals surface area contributed by atoms with Crippen molar-refractivity contribution in [1.82, 2.24) is 15.5 Å². The molecular formula is C19H36N4O3. The average molecular weight is 369 g/mol. The fraction of sp³-hybridized carbons (Fsp3) is 0.895. The Morgan fingerprint density at radius 3 is 2.54 bits per heavy atom. The maximum absolute atomic E-state index is 11.8. The second-order valence-electron chi connectivity index (χ2n) is 7.38. The predicted molar refractivity (Wildman–Crippen MR) is 103 cm³/mol. The van der Waals surface area contributed by atoms with Crippen molar-refractivity contribution in [2.45, 2.75) is 63.6 Å². The molecule has 7 heteroatoms. The van der Waals surface area contributed by atoms with Gasteiger partial charge in [-0.3, -0.25) is 4.79 Å². The van der Waals surface area contributed by atoms with Crippen molar-refractivity contribution in [3.05, 3.63) is 0 Å². The summed E-state index contributed by atoms with van der Waals surface area (Å²) in [6.07, 6.45) is 10.4. The van der Waals surface area contributed by atoms with Gasteiger partial charge >= 0.3 is 0 Å². The van der Waals surface area contributed by atoms with E-state index in [4.69, 9.17) is 9.47 Å². The van der Waals surface area contributed by atoms with Gasteiger partial charge in [-0.1, -0.05) is 25.7 Å². The molecule has 0 spiro atoms. The van der Waals surface area contributed by atoms with Crippen LogP contribution in [0.3, 0.4) is 0 Å². The fourth-order valence-corrected chi connectivity index (χ4v) is 3.28. The van der Waals surface area contributed by atoms with Crippen LogP contribution in [0.2, 0.25) is 0 Å². The summed E-state index contributed by atoms with van der Waals surface area (Å²) in [5.74, 6) is 0.637. The molecule has 2 N–H and O–H groups in total. The lowest BCUT2D eigenvalue weighted by Crippen LogP contribution is -2.43. The molecule has 0 radical (unpaired) electrons. The number of aliphatic imine (C=N–C) groups is 1. The summed E-state index contributed by atoms with van der Waals surface area (Å²) in [7, 11) is 3.48. The Balaban J connectivity index is 1.72. The molecule has 1 heterocycles. The van der Waals surface area contributed by atoms with Crippen LogP contribution in [0.15, 0.2) is 4.99 Å². The molecule has 1 unspecified atom stereocenters. The Kier molecular flexibility index (Phi) is 9.77. The van der Waals surface area contributed by atoms with E-state index in [1.807, 2.05) is 0 Å². The summed E-state index contributed by atoms with van der Waals surface area (Å²) in [4.78, 5) is 17.7. The van der Waals surface area contributed by atoms with Gasteiger partial charge in [0.2, 0.25) is 5.91 Å². The number of carbonyl (C=O) groups excluding carboxylic acids is 1. The number of ether oxygens (including phenoxy) is 2. The van der Waals surface area contributed by atoms with Gasteiger partial charge in [-0.2, -0.15) is 0 Å². The number of carbonyl (C=O) groups is 1. The molecular weight excluding hydrogens is 332 g/mol. The van der Waals surface area contributed by atoms with Crippen LogP contribution >= 0.6 is 0 Å². The maximum atomic E-state index is 11.8. The van der Waals surface area contributed by atoms with Gasteiger partial charge in [-0.15, -0.1) is 0 Å². The van der Waals surface area contributed by atoms with Gasteiger partial charge in [0.05, 0.1) is 18.8 Å². The molecule has 1 aliphatic heterocycles. The van der Waals surface area contributed by atoms with Crippen molar-refractivity contribution < 1.29 is 14.3 Å². The van der Waals surface area contributed by atoms with Crippen LogP contribution in [0.4, 0.5) is 0 Å². The van der Waals surface area contributed by atoms with Crippen molar-refractivity contribution in [3.8, 4) is 0 Å². The van der Waals surface area contributed by atoms with E-state index in [1.165, 1.54) is 38.5 Å². The highest BCUT2D eigenvalue weighted by atomic mass is 16.5. The Morgan fingerprint density at radius 1 is 1.12 bits per heavy atom. The highest BCUT2D eigenvalue weighted by Gasteiger charge is 2.16. The van der Waals surface area contributed by atoms with Crippen LogP contribution in [0.5, 0.6) is 0 Å². The number of nitrogens with one attached hydrogen (secondary N) is 2. The van der Waals surface area contributed by atoms with Crippen LogP contribution in [0, 0.1) is 0 Å². The smallest absolute Gasteiger partial charge is 0.243 e. The zero-order chi connectivity index (χ0) is 18.6. The first-order chi connectivity index (χ1) is 12.6. The van der Waals surface area contributed by atoms with Gasteiger partial charge in [0.15, 0.2) is 5.96 Å². The number of amides is 1. The lowest BCUT2D eigenvalue weighted by atomic mass is 10.1. The molecule has 1 amide bonds. The molecule has 2 fully saturated rings. The van der Waals surface area contributed by atoms with Crippen LogP contribution in [0.25, 0.3) is 0 Å². The highest BCUT2D eigenvalue weighted by molar-refractivity contribution is 5.84. The molecule has 2 rings (SSSR count). The van der Waals surface area contributed by atoms with E-state index < -0.39 is 0 Å². The molecule has 0 aromatic carbocycles. The van der Waals surface area contributed by atoms with E-state index in [9.17, 15) is 4.79 Å². The molecule has 2 aliphatic rings. The minimum Gasteiger partial charge on any atom is -0.376 e. The zero-order valence-electron chi connectivity index (χ0n) is 16.5. The summed E-state index contributed by atoms with van der Waals surface area (Å²) in [6.45, 7) is 3.03. The molecule has 150 valence electrons. The lowest BCUT2D eigenvalue weighted by molar-refractivity contribution is -0.127. The summed E-state index contributed by atoms with van der Waals surface area (Å²) >= 11 is 0. The minimum absolute atomic E-state index is 0.0158. The fourth-order valence-electron chi connectivity index (χ4n) is 3.28. The second-order valence-corrected chi connectivity index (χ2v) is 7.38. The van der Waals surface area contributed by atoms with Crippen LogP contribution in [-0.2, 0) is 14.3 Å². The number of nitrogens with zero attached hydrogens (tertiary/aromatic N) is 2. The van der Waals surface area contributed by atoms with E-state index in [1.54, 1.807) is 19.0 Å².